The van der Waals surface area contributed by atoms with Gasteiger partial charge < -0.3 is 15.3 Å². The normalized spacial score (nSPS) is 19.3. The zero-order chi connectivity index (χ0) is 14.8. The number of nitrogens with one attached hydrogen (secondary N) is 1. The number of nitrogens with zero attached hydrogens (tertiary/aromatic N) is 1. The summed E-state index contributed by atoms with van der Waals surface area (Å²) < 4.78 is 37.9. The van der Waals surface area contributed by atoms with Crippen LogP contribution in [0.15, 0.2) is 24.3 Å². The number of amides is 2. The van der Waals surface area contributed by atoms with E-state index < -0.39 is 17.8 Å². The van der Waals surface area contributed by atoms with Gasteiger partial charge in [-0.1, -0.05) is 12.1 Å². The number of alkyl halides is 3. The Balaban J connectivity index is 2.11. The molecule has 1 saturated heterocycles. The SMILES string of the molecule is O=C1NC(c2cccc(C(F)(F)F)c2)CN1CCCO. The zero-order valence-electron chi connectivity index (χ0n) is 10.7. The highest BCUT2D eigenvalue weighted by Crippen LogP contribution is 2.31. The third-order valence-corrected chi connectivity index (χ3v) is 3.19. The highest BCUT2D eigenvalue weighted by atomic mass is 19.4. The monoisotopic (exact) mass is 288 g/mol. The molecule has 1 atom stereocenters. The summed E-state index contributed by atoms with van der Waals surface area (Å²) in [4.78, 5) is 13.1. The van der Waals surface area contributed by atoms with Gasteiger partial charge in [0.1, 0.15) is 0 Å². The quantitative estimate of drug-likeness (QED) is 0.892. The lowest BCUT2D eigenvalue weighted by molar-refractivity contribution is -0.137. The third kappa shape index (κ3) is 3.22. The number of benzene rings is 1. The molecule has 0 aliphatic carbocycles. The summed E-state index contributed by atoms with van der Waals surface area (Å²) in [6.45, 7) is 0.663. The number of halogens is 3. The average molecular weight is 288 g/mol. The number of urea groups is 1. The Morgan fingerprint density at radius 1 is 1.40 bits per heavy atom. The number of carbonyl (C=O) groups is 1. The second kappa shape index (κ2) is 5.70. The molecule has 1 heterocycles. The fraction of sp³-hybridized carbons (Fsp3) is 0.462. The maximum Gasteiger partial charge on any atom is 0.416 e. The van der Waals surface area contributed by atoms with Crippen molar-refractivity contribution in [3.63, 3.8) is 0 Å². The van der Waals surface area contributed by atoms with Crippen LogP contribution < -0.4 is 5.32 Å². The first-order valence-corrected chi connectivity index (χ1v) is 6.25. The van der Waals surface area contributed by atoms with Crippen molar-refractivity contribution in [3.05, 3.63) is 35.4 Å². The lowest BCUT2D eigenvalue weighted by atomic mass is 10.0. The van der Waals surface area contributed by atoms with E-state index in [2.05, 4.69) is 5.32 Å². The van der Waals surface area contributed by atoms with Crippen LogP contribution in [0, 0.1) is 0 Å². The highest BCUT2D eigenvalue weighted by Gasteiger charge is 2.33. The van der Waals surface area contributed by atoms with E-state index in [-0.39, 0.29) is 12.6 Å². The number of carbonyl (C=O) groups excluding carboxylic acids is 1. The highest BCUT2D eigenvalue weighted by molar-refractivity contribution is 5.77. The number of rotatable bonds is 4. The largest absolute Gasteiger partial charge is 0.416 e. The van der Waals surface area contributed by atoms with Crippen molar-refractivity contribution in [2.75, 3.05) is 19.7 Å². The van der Waals surface area contributed by atoms with Crippen molar-refractivity contribution in [1.82, 2.24) is 10.2 Å². The van der Waals surface area contributed by atoms with Gasteiger partial charge in [-0.2, -0.15) is 13.2 Å². The molecule has 1 aliphatic heterocycles. The summed E-state index contributed by atoms with van der Waals surface area (Å²) in [5.41, 5.74) is -0.294. The fourth-order valence-corrected chi connectivity index (χ4v) is 2.16. The van der Waals surface area contributed by atoms with Crippen LogP contribution in [0.3, 0.4) is 0 Å². The lowest BCUT2D eigenvalue weighted by Gasteiger charge is -2.14. The van der Waals surface area contributed by atoms with E-state index in [4.69, 9.17) is 5.11 Å². The maximum atomic E-state index is 12.6. The van der Waals surface area contributed by atoms with E-state index >= 15 is 0 Å². The Morgan fingerprint density at radius 3 is 2.80 bits per heavy atom. The van der Waals surface area contributed by atoms with Gasteiger partial charge in [0.05, 0.1) is 11.6 Å². The summed E-state index contributed by atoms with van der Waals surface area (Å²) in [5, 5.41) is 11.4. The standard InChI is InChI=1S/C13H15F3N2O2/c14-13(15,16)10-4-1-3-9(7-10)11-8-18(5-2-6-19)12(20)17-11/h1,3-4,7,11,19H,2,5-6,8H2,(H,17,20). The Bertz CT molecular complexity index is 491. The van der Waals surface area contributed by atoms with Gasteiger partial charge in [0.25, 0.3) is 0 Å². The van der Waals surface area contributed by atoms with E-state index in [1.807, 2.05) is 0 Å². The van der Waals surface area contributed by atoms with Crippen LogP contribution >= 0.6 is 0 Å². The van der Waals surface area contributed by atoms with Gasteiger partial charge in [-0.3, -0.25) is 0 Å². The van der Waals surface area contributed by atoms with Crippen molar-refractivity contribution in [1.29, 1.82) is 0 Å². The van der Waals surface area contributed by atoms with Crippen molar-refractivity contribution in [2.45, 2.75) is 18.6 Å². The molecule has 0 radical (unpaired) electrons. The van der Waals surface area contributed by atoms with E-state index in [1.165, 1.54) is 11.0 Å². The molecule has 0 bridgehead atoms. The predicted octanol–water partition coefficient (Wildman–Crippen LogP) is 2.15. The lowest BCUT2D eigenvalue weighted by Crippen LogP contribution is -2.29. The van der Waals surface area contributed by atoms with E-state index in [0.29, 0.717) is 25.1 Å². The minimum atomic E-state index is -4.39. The first kappa shape index (κ1) is 14.6. The Hall–Kier alpha value is -1.76. The van der Waals surface area contributed by atoms with Gasteiger partial charge >= 0.3 is 12.2 Å². The van der Waals surface area contributed by atoms with Gasteiger partial charge in [-0.25, -0.2) is 4.79 Å². The summed E-state index contributed by atoms with van der Waals surface area (Å²) in [7, 11) is 0. The van der Waals surface area contributed by atoms with Crippen LogP contribution in [-0.2, 0) is 6.18 Å². The molecule has 7 heteroatoms. The first-order valence-electron chi connectivity index (χ1n) is 6.25. The van der Waals surface area contributed by atoms with Crippen LogP contribution in [0.1, 0.15) is 23.6 Å². The minimum Gasteiger partial charge on any atom is -0.396 e. The number of hydrogen-bond acceptors (Lipinski definition) is 2. The summed E-state index contributed by atoms with van der Waals surface area (Å²) >= 11 is 0. The van der Waals surface area contributed by atoms with Crippen LogP contribution in [0.5, 0.6) is 0 Å². The Kier molecular flexibility index (Phi) is 4.17. The van der Waals surface area contributed by atoms with Crippen molar-refractivity contribution < 1.29 is 23.1 Å². The third-order valence-electron chi connectivity index (χ3n) is 3.19. The molecule has 1 fully saturated rings. The molecule has 1 unspecified atom stereocenters. The molecular weight excluding hydrogens is 273 g/mol. The summed E-state index contributed by atoms with van der Waals surface area (Å²) in [5.74, 6) is 0. The second-order valence-electron chi connectivity index (χ2n) is 4.65. The van der Waals surface area contributed by atoms with Gasteiger partial charge in [0, 0.05) is 19.7 Å². The van der Waals surface area contributed by atoms with Crippen molar-refractivity contribution in [2.24, 2.45) is 0 Å². The summed E-state index contributed by atoms with van der Waals surface area (Å²) in [6.07, 6.45) is -3.95. The topological polar surface area (TPSA) is 52.6 Å². The fourth-order valence-electron chi connectivity index (χ4n) is 2.16. The maximum absolute atomic E-state index is 12.6. The average Bonchev–Trinajstić information content (AvgIpc) is 2.77. The molecule has 0 saturated carbocycles. The molecule has 2 N–H and O–H groups in total. The molecular formula is C13H15F3N2O2. The van der Waals surface area contributed by atoms with Crippen molar-refractivity contribution >= 4 is 6.03 Å². The molecule has 1 aliphatic rings. The Labute approximate surface area is 114 Å². The van der Waals surface area contributed by atoms with Crippen LogP contribution in [0.2, 0.25) is 0 Å². The molecule has 110 valence electrons. The number of aliphatic hydroxyl groups is 1. The Morgan fingerprint density at radius 2 is 2.15 bits per heavy atom. The summed E-state index contributed by atoms with van der Waals surface area (Å²) in [6, 6.07) is 4.19. The van der Waals surface area contributed by atoms with Gasteiger partial charge in [0.15, 0.2) is 0 Å². The zero-order valence-corrected chi connectivity index (χ0v) is 10.7. The van der Waals surface area contributed by atoms with Crippen LogP contribution in [-0.4, -0.2) is 35.7 Å². The molecule has 0 spiro atoms. The number of hydrogen-bond donors (Lipinski definition) is 2. The molecule has 2 rings (SSSR count). The molecule has 2 amide bonds. The molecule has 1 aromatic carbocycles. The van der Waals surface area contributed by atoms with E-state index in [1.54, 1.807) is 6.07 Å². The van der Waals surface area contributed by atoms with E-state index in [0.717, 1.165) is 12.1 Å². The van der Waals surface area contributed by atoms with Gasteiger partial charge in [-0.15, -0.1) is 0 Å². The number of aliphatic hydroxyl groups excluding tert-OH is 1. The van der Waals surface area contributed by atoms with Crippen LogP contribution in [0.25, 0.3) is 0 Å². The molecule has 4 nitrogen and oxygen atoms in total. The minimum absolute atomic E-state index is 0.0298. The van der Waals surface area contributed by atoms with E-state index in [9.17, 15) is 18.0 Å². The van der Waals surface area contributed by atoms with Gasteiger partial charge in [0.2, 0.25) is 0 Å². The molecule has 0 aromatic heterocycles. The predicted molar refractivity (Wildman–Crippen MR) is 66.0 cm³/mol. The first-order chi connectivity index (χ1) is 9.41. The molecule has 20 heavy (non-hydrogen) atoms. The van der Waals surface area contributed by atoms with Crippen molar-refractivity contribution in [3.8, 4) is 0 Å². The molecule has 1 aromatic rings. The van der Waals surface area contributed by atoms with Gasteiger partial charge in [-0.05, 0) is 24.1 Å². The second-order valence-corrected chi connectivity index (χ2v) is 4.65. The smallest absolute Gasteiger partial charge is 0.396 e. The van der Waals surface area contributed by atoms with Crippen LogP contribution in [0.4, 0.5) is 18.0 Å².